The van der Waals surface area contributed by atoms with E-state index < -0.39 is 16.1 Å². The lowest BCUT2D eigenvalue weighted by molar-refractivity contribution is 0.546. The third kappa shape index (κ3) is 5.08. The zero-order valence-electron chi connectivity index (χ0n) is 16.4. The van der Waals surface area contributed by atoms with E-state index in [0.29, 0.717) is 11.4 Å². The average molecular weight is 432 g/mol. The molecule has 3 aromatic heterocycles. The molecule has 1 aromatic carbocycles. The van der Waals surface area contributed by atoms with Crippen molar-refractivity contribution in [1.82, 2.24) is 30.6 Å². The molecule has 4 aromatic rings. The van der Waals surface area contributed by atoms with Gasteiger partial charge in [0.1, 0.15) is 10.7 Å². The lowest BCUT2D eigenvalue weighted by Gasteiger charge is -2.18. The van der Waals surface area contributed by atoms with Crippen molar-refractivity contribution in [2.24, 2.45) is 0 Å². The van der Waals surface area contributed by atoms with E-state index in [1.807, 2.05) is 42.5 Å². The van der Waals surface area contributed by atoms with E-state index in [4.69, 9.17) is 5.73 Å². The van der Waals surface area contributed by atoms with E-state index in [0.717, 1.165) is 11.3 Å². The van der Waals surface area contributed by atoms with Crippen molar-refractivity contribution in [2.75, 3.05) is 0 Å². The van der Waals surface area contributed by atoms with Crippen molar-refractivity contribution in [2.45, 2.75) is 17.4 Å². The minimum atomic E-state index is -3.85. The van der Waals surface area contributed by atoms with Crippen LogP contribution in [-0.4, -0.2) is 28.6 Å². The molecule has 8 nitrogen and oxygen atoms in total. The number of nitrogens with zero attached hydrogens (tertiary/aromatic N) is 4. The molecule has 155 valence electrons. The molecule has 1 atom stereocenters. The maximum atomic E-state index is 12.9. The van der Waals surface area contributed by atoms with Crippen LogP contribution in [0.2, 0.25) is 0 Å². The molecule has 0 aliphatic carbocycles. The summed E-state index contributed by atoms with van der Waals surface area (Å²) in [7, 11) is -3.85. The van der Waals surface area contributed by atoms with Gasteiger partial charge in [0.2, 0.25) is 10.0 Å². The van der Waals surface area contributed by atoms with Crippen molar-refractivity contribution in [3.63, 3.8) is 0 Å². The fraction of sp³-hybridized carbons (Fsp3) is 0.0909. The Morgan fingerprint density at radius 1 is 0.903 bits per heavy atom. The molecule has 2 N–H and O–H groups in total. The second kappa shape index (κ2) is 8.99. The molecule has 0 bridgehead atoms. The van der Waals surface area contributed by atoms with E-state index in [9.17, 15) is 8.42 Å². The fourth-order valence-electron chi connectivity index (χ4n) is 3.05. The van der Waals surface area contributed by atoms with Crippen LogP contribution in [0.5, 0.6) is 0 Å². The Bertz CT molecular complexity index is 1250. The summed E-state index contributed by atoms with van der Waals surface area (Å²) in [6.45, 7) is 0. The lowest BCUT2D eigenvalue weighted by Crippen LogP contribution is -2.31. The molecular formula is C22H19N6O2S. The van der Waals surface area contributed by atoms with Crippen molar-refractivity contribution < 1.29 is 8.42 Å². The van der Waals surface area contributed by atoms with Gasteiger partial charge in [-0.15, -0.1) is 0 Å². The molecule has 1 unspecified atom stereocenters. The first-order valence-electron chi connectivity index (χ1n) is 9.50. The Hall–Kier alpha value is -3.69. The molecule has 0 saturated heterocycles. The summed E-state index contributed by atoms with van der Waals surface area (Å²) in [6.07, 6.45) is 3.01. The average Bonchev–Trinajstić information content (AvgIpc) is 2.80. The molecule has 0 fully saturated rings. The SMILES string of the molecule is [NH]c1cccc(C(Cc2ccc(-c3ccccc3)nn2)NS(=O)(=O)c2cccnc2)n1. The largest absolute Gasteiger partial charge is 0.283 e. The van der Waals surface area contributed by atoms with E-state index in [2.05, 4.69) is 24.9 Å². The Labute approximate surface area is 180 Å². The number of rotatable bonds is 7. The molecule has 3 heterocycles. The standard InChI is InChI=1S/C22H19N6O2S/c23-22-10-4-9-20(25-22)21(28-31(29,30)18-8-5-13-24-15-18)14-17-11-12-19(27-26-17)16-6-2-1-3-7-16/h1-13,15,21,23,28H,14H2. The van der Waals surface area contributed by atoms with Gasteiger partial charge in [-0.1, -0.05) is 36.4 Å². The van der Waals surface area contributed by atoms with Crippen LogP contribution in [0.4, 0.5) is 5.82 Å². The van der Waals surface area contributed by atoms with E-state index in [-0.39, 0.29) is 17.1 Å². The Kier molecular flexibility index (Phi) is 5.96. The van der Waals surface area contributed by atoms with Gasteiger partial charge in [-0.25, -0.2) is 18.1 Å². The maximum absolute atomic E-state index is 12.9. The summed E-state index contributed by atoms with van der Waals surface area (Å²) in [5.41, 5.74) is 10.5. The van der Waals surface area contributed by atoms with Gasteiger partial charge in [0.25, 0.3) is 0 Å². The van der Waals surface area contributed by atoms with Crippen LogP contribution >= 0.6 is 0 Å². The van der Waals surface area contributed by atoms with Crippen LogP contribution in [0.25, 0.3) is 11.3 Å². The smallest absolute Gasteiger partial charge is 0.242 e. The van der Waals surface area contributed by atoms with Crippen molar-refractivity contribution >= 4 is 15.8 Å². The minimum absolute atomic E-state index is 0.0486. The molecule has 0 amide bonds. The van der Waals surface area contributed by atoms with Gasteiger partial charge >= 0.3 is 0 Å². The molecule has 0 saturated carbocycles. The molecule has 0 aliphatic heterocycles. The number of pyridine rings is 2. The first-order valence-corrected chi connectivity index (χ1v) is 11.0. The Morgan fingerprint density at radius 2 is 1.74 bits per heavy atom. The van der Waals surface area contributed by atoms with Crippen LogP contribution in [0.3, 0.4) is 0 Å². The third-order valence-corrected chi connectivity index (χ3v) is 6.03. The van der Waals surface area contributed by atoms with Crippen molar-refractivity contribution in [3.05, 3.63) is 96.6 Å². The van der Waals surface area contributed by atoms with Gasteiger partial charge in [-0.2, -0.15) is 10.2 Å². The number of hydrogen-bond acceptors (Lipinski definition) is 6. The van der Waals surface area contributed by atoms with Crippen LogP contribution in [0, 0.1) is 0 Å². The predicted octanol–water partition coefficient (Wildman–Crippen LogP) is 3.11. The maximum Gasteiger partial charge on any atom is 0.242 e. The van der Waals surface area contributed by atoms with Gasteiger partial charge in [-0.3, -0.25) is 10.7 Å². The molecule has 1 radical (unpaired) electrons. The number of sulfonamides is 1. The summed E-state index contributed by atoms with van der Waals surface area (Å²) in [5, 5.41) is 8.55. The van der Waals surface area contributed by atoms with Gasteiger partial charge in [-0.05, 0) is 36.4 Å². The topological polar surface area (TPSA) is 122 Å². The molecule has 0 aliphatic rings. The van der Waals surface area contributed by atoms with Crippen LogP contribution < -0.4 is 10.5 Å². The quantitative estimate of drug-likeness (QED) is 0.480. The molecule has 0 spiro atoms. The second-order valence-corrected chi connectivity index (χ2v) is 8.50. The van der Waals surface area contributed by atoms with E-state index in [1.54, 1.807) is 18.2 Å². The summed E-state index contributed by atoms with van der Waals surface area (Å²) in [5.74, 6) is 0.0496. The van der Waals surface area contributed by atoms with Crippen LogP contribution in [0.1, 0.15) is 17.4 Å². The number of aromatic nitrogens is 4. The van der Waals surface area contributed by atoms with Crippen LogP contribution in [-0.2, 0) is 16.4 Å². The fourth-order valence-corrected chi connectivity index (χ4v) is 4.23. The van der Waals surface area contributed by atoms with Gasteiger partial charge in [0.05, 0.1) is 23.1 Å². The van der Waals surface area contributed by atoms with Gasteiger partial charge < -0.3 is 0 Å². The van der Waals surface area contributed by atoms with Crippen molar-refractivity contribution in [3.8, 4) is 11.3 Å². The molecule has 4 rings (SSSR count). The van der Waals surface area contributed by atoms with E-state index in [1.165, 1.54) is 24.5 Å². The van der Waals surface area contributed by atoms with E-state index >= 15 is 0 Å². The monoisotopic (exact) mass is 431 g/mol. The first kappa shape index (κ1) is 20.6. The highest BCUT2D eigenvalue weighted by molar-refractivity contribution is 7.89. The highest BCUT2D eigenvalue weighted by atomic mass is 32.2. The number of benzene rings is 1. The highest BCUT2D eigenvalue weighted by Crippen LogP contribution is 2.22. The van der Waals surface area contributed by atoms with Gasteiger partial charge in [0, 0.05) is 24.4 Å². The highest BCUT2D eigenvalue weighted by Gasteiger charge is 2.24. The first-order chi connectivity index (χ1) is 15.0. The molecule has 9 heteroatoms. The predicted molar refractivity (Wildman–Crippen MR) is 115 cm³/mol. The third-order valence-electron chi connectivity index (χ3n) is 4.57. The summed E-state index contributed by atoms with van der Waals surface area (Å²) < 4.78 is 28.4. The second-order valence-electron chi connectivity index (χ2n) is 6.79. The molecular weight excluding hydrogens is 412 g/mol. The Balaban J connectivity index is 1.62. The summed E-state index contributed by atoms with van der Waals surface area (Å²) in [6, 6.07) is 20.5. The normalized spacial score (nSPS) is 12.4. The zero-order valence-corrected chi connectivity index (χ0v) is 17.2. The minimum Gasteiger partial charge on any atom is -0.283 e. The number of hydrogen-bond donors (Lipinski definition) is 1. The summed E-state index contributed by atoms with van der Waals surface area (Å²) in [4.78, 5) is 8.12. The molecule has 31 heavy (non-hydrogen) atoms. The number of nitrogens with one attached hydrogen (secondary N) is 2. The zero-order chi connectivity index (χ0) is 21.7. The summed E-state index contributed by atoms with van der Waals surface area (Å²) >= 11 is 0. The lowest BCUT2D eigenvalue weighted by atomic mass is 10.1. The van der Waals surface area contributed by atoms with Crippen molar-refractivity contribution in [1.29, 1.82) is 0 Å². The van der Waals surface area contributed by atoms with Gasteiger partial charge in [0.15, 0.2) is 0 Å². The van der Waals surface area contributed by atoms with Crippen LogP contribution in [0.15, 0.2) is 90.1 Å². The Morgan fingerprint density at radius 3 is 2.42 bits per heavy atom.